The number of H-pyrrole nitrogens is 1. The van der Waals surface area contributed by atoms with Crippen LogP contribution in [0.15, 0.2) is 27.8 Å². The van der Waals surface area contributed by atoms with Crippen molar-refractivity contribution in [3.63, 3.8) is 0 Å². The van der Waals surface area contributed by atoms with Crippen molar-refractivity contribution < 1.29 is 14.1 Å². The van der Waals surface area contributed by atoms with Gasteiger partial charge in [0.15, 0.2) is 0 Å². The van der Waals surface area contributed by atoms with Crippen LogP contribution in [-0.2, 0) is 29.7 Å². The summed E-state index contributed by atoms with van der Waals surface area (Å²) in [7, 11) is 1.59. The highest BCUT2D eigenvalue weighted by molar-refractivity contribution is 5.72. The van der Waals surface area contributed by atoms with Gasteiger partial charge in [0.25, 0.3) is 5.56 Å². The maximum atomic E-state index is 13.2. The van der Waals surface area contributed by atoms with Gasteiger partial charge in [0.1, 0.15) is 12.2 Å². The van der Waals surface area contributed by atoms with Gasteiger partial charge in [-0.1, -0.05) is 6.07 Å². The Bertz CT molecular complexity index is 1270. The highest BCUT2D eigenvalue weighted by Gasteiger charge is 2.33. The highest BCUT2D eigenvalue weighted by atomic mass is 16.5. The lowest BCUT2D eigenvalue weighted by molar-refractivity contribution is -0.663. The average Bonchev–Trinajstić information content (AvgIpc) is 3.12. The molecule has 1 N–H and O–H groups in total. The molecule has 3 heterocycles. The van der Waals surface area contributed by atoms with Gasteiger partial charge >= 0.3 is 17.6 Å². The molecule has 1 aliphatic rings. The Hall–Kier alpha value is -3.36. The van der Waals surface area contributed by atoms with E-state index in [2.05, 4.69) is 41.9 Å². The van der Waals surface area contributed by atoms with E-state index < -0.39 is 23.8 Å². The number of imidazole rings is 1. The fraction of sp³-hybridized carbons (Fsp3) is 0.429. The smallest absolute Gasteiger partial charge is 0.364 e. The van der Waals surface area contributed by atoms with E-state index in [1.165, 1.54) is 15.7 Å². The number of fused-ring (bicyclic) bond motifs is 3. The van der Waals surface area contributed by atoms with Gasteiger partial charge in [0.2, 0.25) is 11.2 Å². The molecule has 2 aromatic heterocycles. The summed E-state index contributed by atoms with van der Waals surface area (Å²) in [6.45, 7) is 7.04. The van der Waals surface area contributed by atoms with Crippen molar-refractivity contribution in [2.75, 3.05) is 18.1 Å². The van der Waals surface area contributed by atoms with E-state index in [9.17, 15) is 14.4 Å². The van der Waals surface area contributed by atoms with Crippen molar-refractivity contribution in [1.82, 2.24) is 14.1 Å². The lowest BCUT2D eigenvalue weighted by atomic mass is 10.1. The topological polar surface area (TPSA) is 93.2 Å². The zero-order valence-corrected chi connectivity index (χ0v) is 17.7. The molecule has 1 aliphatic heterocycles. The molecule has 0 unspecified atom stereocenters. The SMILES string of the molecule is CCOC(=O)Cn1c(=O)c2c([nH]c3[n+]2CCCN3c2ccc(C)c(C)c2)n(C)c1=O. The summed E-state index contributed by atoms with van der Waals surface area (Å²) in [4.78, 5) is 43.3. The first-order chi connectivity index (χ1) is 14.3. The number of esters is 1. The summed E-state index contributed by atoms with van der Waals surface area (Å²) in [5.41, 5.74) is 3.19. The minimum Gasteiger partial charge on any atom is -0.465 e. The first-order valence-corrected chi connectivity index (χ1v) is 10.1. The van der Waals surface area contributed by atoms with Crippen LogP contribution in [0.5, 0.6) is 0 Å². The van der Waals surface area contributed by atoms with Crippen LogP contribution in [0.3, 0.4) is 0 Å². The van der Waals surface area contributed by atoms with Gasteiger partial charge in [-0.3, -0.25) is 14.2 Å². The maximum absolute atomic E-state index is 13.2. The summed E-state index contributed by atoms with van der Waals surface area (Å²) < 4.78 is 9.14. The molecule has 0 atom stereocenters. The molecular formula is C21H26N5O4+. The number of carbonyl (C=O) groups excluding carboxylic acids is 1. The third-order valence-corrected chi connectivity index (χ3v) is 5.69. The molecule has 0 amide bonds. The van der Waals surface area contributed by atoms with Gasteiger partial charge in [-0.15, -0.1) is 0 Å². The Labute approximate surface area is 173 Å². The Morgan fingerprint density at radius 2 is 2.00 bits per heavy atom. The van der Waals surface area contributed by atoms with E-state index in [0.29, 0.717) is 17.7 Å². The number of aromatic amines is 1. The lowest BCUT2D eigenvalue weighted by Crippen LogP contribution is -2.50. The number of ether oxygens (including phenoxy) is 1. The molecule has 9 nitrogen and oxygen atoms in total. The second-order valence-corrected chi connectivity index (χ2v) is 7.61. The van der Waals surface area contributed by atoms with Crippen molar-refractivity contribution in [3.05, 3.63) is 50.2 Å². The van der Waals surface area contributed by atoms with Gasteiger partial charge in [0, 0.05) is 13.5 Å². The van der Waals surface area contributed by atoms with Crippen LogP contribution in [0.4, 0.5) is 11.6 Å². The second-order valence-electron chi connectivity index (χ2n) is 7.61. The first-order valence-electron chi connectivity index (χ1n) is 10.1. The van der Waals surface area contributed by atoms with Crippen LogP contribution >= 0.6 is 0 Å². The maximum Gasteiger partial charge on any atom is 0.364 e. The molecular weight excluding hydrogens is 386 g/mol. The number of aromatic nitrogens is 4. The van der Waals surface area contributed by atoms with Gasteiger partial charge in [-0.25, -0.2) is 23.8 Å². The molecule has 9 heteroatoms. The number of hydrogen-bond acceptors (Lipinski definition) is 5. The molecule has 0 saturated heterocycles. The number of hydrogen-bond donors (Lipinski definition) is 1. The predicted molar refractivity (Wildman–Crippen MR) is 112 cm³/mol. The van der Waals surface area contributed by atoms with E-state index in [1.807, 2.05) is 4.57 Å². The number of anilines is 2. The quantitative estimate of drug-likeness (QED) is 0.511. The van der Waals surface area contributed by atoms with Crippen LogP contribution in [0.2, 0.25) is 0 Å². The molecule has 30 heavy (non-hydrogen) atoms. The van der Waals surface area contributed by atoms with Gasteiger partial charge < -0.3 is 4.74 Å². The van der Waals surface area contributed by atoms with Crippen molar-refractivity contribution in [2.24, 2.45) is 7.05 Å². The fourth-order valence-electron chi connectivity index (χ4n) is 3.96. The van der Waals surface area contributed by atoms with E-state index in [-0.39, 0.29) is 6.61 Å². The van der Waals surface area contributed by atoms with Crippen LogP contribution in [-0.4, -0.2) is 33.2 Å². The van der Waals surface area contributed by atoms with Crippen molar-refractivity contribution in [1.29, 1.82) is 0 Å². The third-order valence-electron chi connectivity index (χ3n) is 5.69. The number of rotatable bonds is 4. The van der Waals surface area contributed by atoms with Crippen molar-refractivity contribution in [2.45, 2.75) is 40.3 Å². The second kappa shape index (κ2) is 7.47. The summed E-state index contributed by atoms with van der Waals surface area (Å²) in [6.07, 6.45) is 0.845. The Balaban J connectivity index is 1.91. The normalized spacial score (nSPS) is 13.5. The number of aryl methyl sites for hydroxylation is 4. The van der Waals surface area contributed by atoms with E-state index >= 15 is 0 Å². The number of nitrogens with zero attached hydrogens (tertiary/aromatic N) is 4. The zero-order chi connectivity index (χ0) is 21.6. The number of carbonyl (C=O) groups is 1. The fourth-order valence-corrected chi connectivity index (χ4v) is 3.96. The van der Waals surface area contributed by atoms with Crippen LogP contribution < -0.4 is 20.7 Å². The van der Waals surface area contributed by atoms with Crippen LogP contribution in [0.25, 0.3) is 11.2 Å². The van der Waals surface area contributed by atoms with E-state index in [1.54, 1.807) is 14.0 Å². The van der Waals surface area contributed by atoms with E-state index in [4.69, 9.17) is 4.74 Å². The number of nitrogens with one attached hydrogen (secondary N) is 1. The van der Waals surface area contributed by atoms with Gasteiger partial charge in [-0.2, -0.15) is 0 Å². The Kier molecular flexibility index (Phi) is 4.97. The van der Waals surface area contributed by atoms with Gasteiger partial charge in [-0.05, 0) is 44.0 Å². The molecule has 0 saturated carbocycles. The minimum absolute atomic E-state index is 0.190. The Morgan fingerprint density at radius 3 is 2.70 bits per heavy atom. The molecule has 0 aliphatic carbocycles. The lowest BCUT2D eigenvalue weighted by Gasteiger charge is -2.22. The largest absolute Gasteiger partial charge is 0.465 e. The summed E-state index contributed by atoms with van der Waals surface area (Å²) >= 11 is 0. The monoisotopic (exact) mass is 412 g/mol. The zero-order valence-electron chi connectivity index (χ0n) is 17.7. The average molecular weight is 412 g/mol. The molecule has 158 valence electrons. The van der Waals surface area contributed by atoms with Crippen molar-refractivity contribution >= 4 is 28.8 Å². The van der Waals surface area contributed by atoms with Gasteiger partial charge in [0.05, 0.1) is 19.7 Å². The Morgan fingerprint density at radius 1 is 1.23 bits per heavy atom. The third kappa shape index (κ3) is 3.10. The molecule has 0 radical (unpaired) electrons. The number of benzene rings is 1. The molecule has 0 fully saturated rings. The summed E-state index contributed by atoms with van der Waals surface area (Å²) in [5, 5.41) is 0. The molecule has 3 aromatic rings. The first kappa shape index (κ1) is 19.9. The molecule has 1 aromatic carbocycles. The molecule has 0 spiro atoms. The molecule has 0 bridgehead atoms. The predicted octanol–water partition coefficient (Wildman–Crippen LogP) is 1.04. The van der Waals surface area contributed by atoms with E-state index in [0.717, 1.165) is 29.2 Å². The van der Waals surface area contributed by atoms with Crippen LogP contribution in [0.1, 0.15) is 24.5 Å². The minimum atomic E-state index is -0.609. The summed E-state index contributed by atoms with van der Waals surface area (Å²) in [6, 6.07) is 6.25. The summed E-state index contributed by atoms with van der Waals surface area (Å²) in [5.74, 6) is 0.141. The van der Waals surface area contributed by atoms with Crippen LogP contribution in [0, 0.1) is 13.8 Å². The van der Waals surface area contributed by atoms with Crippen molar-refractivity contribution in [3.8, 4) is 0 Å². The standard InChI is InChI=1S/C21H25N5O4/c1-5-30-16(27)12-26-19(28)17-18(23(4)21(26)29)22-20-24(9-6-10-25(17)20)15-8-7-13(2)14(3)11-15/h7-8,11H,5-6,9-10,12H2,1-4H3/p+1. The molecule has 4 rings (SSSR count). The highest BCUT2D eigenvalue weighted by Crippen LogP contribution is 2.27.